The van der Waals surface area contributed by atoms with Crippen LogP contribution in [0.2, 0.25) is 0 Å². The predicted octanol–water partition coefficient (Wildman–Crippen LogP) is 7.98. The van der Waals surface area contributed by atoms with Gasteiger partial charge in [-0.3, -0.25) is 4.79 Å². The zero-order valence-electron chi connectivity index (χ0n) is 22.7. The molecule has 0 fully saturated rings. The molecule has 0 aromatic heterocycles. The molecule has 4 atom stereocenters. The number of carbonyl (C=O) groups is 1. The molecule has 4 unspecified atom stereocenters. The lowest BCUT2D eigenvalue weighted by molar-refractivity contribution is -0.148. The summed E-state index contributed by atoms with van der Waals surface area (Å²) in [4.78, 5) is 31.3. The molecular weight excluding hydrogens is 483 g/mol. The molecule has 0 bridgehead atoms. The van der Waals surface area contributed by atoms with E-state index in [0.717, 1.165) is 24.8 Å². The molecule has 37 heavy (non-hydrogen) atoms. The first-order valence-electron chi connectivity index (χ1n) is 13.0. The van der Waals surface area contributed by atoms with Crippen molar-refractivity contribution in [2.24, 2.45) is 11.8 Å². The Hall–Kier alpha value is -2.30. The number of allylic oxidation sites excluding steroid dienone is 11. The summed E-state index contributed by atoms with van der Waals surface area (Å²) < 4.78 is 11.1. The second-order valence-electron chi connectivity index (χ2n) is 9.57. The highest BCUT2D eigenvalue weighted by Crippen LogP contribution is 2.29. The fourth-order valence-corrected chi connectivity index (χ4v) is 4.33. The first-order valence-corrected chi connectivity index (χ1v) is 14.2. The highest BCUT2D eigenvalue weighted by atomic mass is 31.2. The molecule has 0 aliphatic carbocycles. The maximum absolute atomic E-state index is 12.8. The normalized spacial score (nSPS) is 29.8. The molecule has 5 nitrogen and oxygen atoms in total. The van der Waals surface area contributed by atoms with Crippen LogP contribution >= 0.6 is 8.60 Å². The van der Waals surface area contributed by atoms with Gasteiger partial charge in [-0.2, -0.15) is 0 Å². The van der Waals surface area contributed by atoms with Gasteiger partial charge in [-0.1, -0.05) is 111 Å². The van der Waals surface area contributed by atoms with Crippen molar-refractivity contribution in [1.82, 2.24) is 0 Å². The summed E-state index contributed by atoms with van der Waals surface area (Å²) in [5, 5.41) is 0. The molecular formula is C31H45O5P. The number of hydrogen-bond donors (Lipinski definition) is 2. The van der Waals surface area contributed by atoms with E-state index in [1.807, 2.05) is 61.6 Å². The van der Waals surface area contributed by atoms with E-state index >= 15 is 0 Å². The van der Waals surface area contributed by atoms with Gasteiger partial charge in [0, 0.05) is 6.42 Å². The highest BCUT2D eigenvalue weighted by molar-refractivity contribution is 7.39. The van der Waals surface area contributed by atoms with Crippen LogP contribution in [-0.2, 0) is 14.1 Å². The van der Waals surface area contributed by atoms with Gasteiger partial charge in [-0.05, 0) is 50.9 Å². The van der Waals surface area contributed by atoms with Gasteiger partial charge in [0.15, 0.2) is 0 Å². The third-order valence-corrected chi connectivity index (χ3v) is 6.54. The molecule has 0 radical (unpaired) electrons. The van der Waals surface area contributed by atoms with Crippen LogP contribution < -0.4 is 0 Å². The van der Waals surface area contributed by atoms with Crippen LogP contribution in [0.25, 0.3) is 0 Å². The van der Waals surface area contributed by atoms with Gasteiger partial charge in [0.25, 0.3) is 0 Å². The van der Waals surface area contributed by atoms with Crippen molar-refractivity contribution in [3.05, 3.63) is 97.2 Å². The zero-order chi connectivity index (χ0) is 27.5. The SMILES string of the molecule is C=C/C=C(\C)CCC1C/C=C\C=C/C(OP(O)O)CC\C=C/C=C\C=C/C(C)CC(C)C(=C)CC(=O)O1. The van der Waals surface area contributed by atoms with Gasteiger partial charge in [0.05, 0.1) is 12.5 Å². The number of cyclic esters (lactones) is 1. The van der Waals surface area contributed by atoms with Gasteiger partial charge in [0.2, 0.25) is 0 Å². The Morgan fingerprint density at radius 1 is 1.14 bits per heavy atom. The van der Waals surface area contributed by atoms with Crippen LogP contribution in [-0.4, -0.2) is 28.0 Å². The summed E-state index contributed by atoms with van der Waals surface area (Å²) in [5.41, 5.74) is 2.08. The minimum Gasteiger partial charge on any atom is -0.462 e. The molecule has 1 aliphatic heterocycles. The number of ether oxygens (including phenoxy) is 1. The van der Waals surface area contributed by atoms with Crippen molar-refractivity contribution in [3.63, 3.8) is 0 Å². The van der Waals surface area contributed by atoms with E-state index < -0.39 is 14.7 Å². The molecule has 204 valence electrons. The Morgan fingerprint density at radius 3 is 2.57 bits per heavy atom. The molecule has 1 aliphatic rings. The lowest BCUT2D eigenvalue weighted by Gasteiger charge is -2.20. The minimum atomic E-state index is -2.44. The van der Waals surface area contributed by atoms with Crippen molar-refractivity contribution in [1.29, 1.82) is 0 Å². The largest absolute Gasteiger partial charge is 0.462 e. The van der Waals surface area contributed by atoms with Crippen molar-refractivity contribution in [2.45, 2.75) is 77.9 Å². The average Bonchev–Trinajstić information content (AvgIpc) is 2.82. The standard InChI is InChI=1S/C31H45O5P/c1-6-16-25(2)21-22-29-18-14-11-15-20-30(36-37(33)34)19-13-10-8-7-9-12-17-26(3)23-27(4)28(5)24-31(32)35-29/h6-12,14-17,20,26-27,29-30,33-34H,1,5,13,18-19,21-24H2,2-4H3/b9-7-,10-8-,14-11-,17-12-,20-15-,25-16+. The summed E-state index contributed by atoms with van der Waals surface area (Å²) in [6.45, 7) is 14.2. The Bertz CT molecular complexity index is 878. The quantitative estimate of drug-likeness (QED) is 0.158. The summed E-state index contributed by atoms with van der Waals surface area (Å²) in [5.74, 6) is 0.316. The van der Waals surface area contributed by atoms with Crippen molar-refractivity contribution in [2.75, 3.05) is 0 Å². The van der Waals surface area contributed by atoms with E-state index in [9.17, 15) is 14.6 Å². The summed E-state index contributed by atoms with van der Waals surface area (Å²) in [6.07, 6.45) is 27.3. The number of hydrogen-bond acceptors (Lipinski definition) is 5. The van der Waals surface area contributed by atoms with E-state index in [2.05, 4.69) is 33.1 Å². The smallest absolute Gasteiger partial charge is 0.327 e. The van der Waals surface area contributed by atoms with E-state index in [1.165, 1.54) is 5.57 Å². The molecule has 2 N–H and O–H groups in total. The molecule has 1 heterocycles. The molecule has 1 rings (SSSR count). The van der Waals surface area contributed by atoms with Crippen LogP contribution in [0, 0.1) is 11.8 Å². The summed E-state index contributed by atoms with van der Waals surface area (Å²) in [7, 11) is -2.44. The van der Waals surface area contributed by atoms with Crippen LogP contribution in [0.5, 0.6) is 0 Å². The monoisotopic (exact) mass is 528 g/mol. The van der Waals surface area contributed by atoms with E-state index in [0.29, 0.717) is 25.2 Å². The van der Waals surface area contributed by atoms with E-state index in [1.54, 1.807) is 12.2 Å². The first-order chi connectivity index (χ1) is 17.7. The Balaban J connectivity index is 3.02. The molecule has 0 spiro atoms. The Morgan fingerprint density at radius 2 is 1.84 bits per heavy atom. The van der Waals surface area contributed by atoms with Crippen LogP contribution in [0.4, 0.5) is 0 Å². The van der Waals surface area contributed by atoms with Gasteiger partial charge in [-0.15, -0.1) is 0 Å². The zero-order valence-corrected chi connectivity index (χ0v) is 23.6. The lowest BCUT2D eigenvalue weighted by Crippen LogP contribution is -2.19. The Kier molecular flexibility index (Phi) is 17.5. The van der Waals surface area contributed by atoms with E-state index in [-0.39, 0.29) is 24.4 Å². The van der Waals surface area contributed by atoms with Crippen molar-refractivity contribution >= 4 is 14.6 Å². The fraction of sp³-hybridized carbons (Fsp3) is 0.452. The van der Waals surface area contributed by atoms with Crippen LogP contribution in [0.15, 0.2) is 97.2 Å². The molecule has 6 heteroatoms. The maximum Gasteiger partial charge on any atom is 0.327 e. The number of rotatable bonds is 6. The highest BCUT2D eigenvalue weighted by Gasteiger charge is 2.18. The molecule has 0 aromatic carbocycles. The Labute approximate surface area is 225 Å². The topological polar surface area (TPSA) is 76.0 Å². The average molecular weight is 529 g/mol. The molecule has 0 amide bonds. The van der Waals surface area contributed by atoms with Crippen LogP contribution in [0.1, 0.15) is 65.7 Å². The minimum absolute atomic E-state index is 0.212. The third-order valence-electron chi connectivity index (χ3n) is 6.08. The number of esters is 1. The van der Waals surface area contributed by atoms with Crippen molar-refractivity contribution in [3.8, 4) is 0 Å². The first kappa shape index (κ1) is 32.7. The van der Waals surface area contributed by atoms with Gasteiger partial charge >= 0.3 is 14.6 Å². The molecule has 0 aromatic rings. The van der Waals surface area contributed by atoms with Crippen LogP contribution in [0.3, 0.4) is 0 Å². The summed E-state index contributed by atoms with van der Waals surface area (Å²) in [6, 6.07) is 0. The molecule has 0 saturated carbocycles. The molecule has 0 saturated heterocycles. The van der Waals surface area contributed by atoms with Gasteiger partial charge < -0.3 is 19.0 Å². The van der Waals surface area contributed by atoms with Gasteiger partial charge in [-0.25, -0.2) is 0 Å². The number of carbonyl (C=O) groups excluding carboxylic acids is 1. The lowest BCUT2D eigenvalue weighted by atomic mass is 9.90. The fourth-order valence-electron chi connectivity index (χ4n) is 3.91. The third kappa shape index (κ3) is 16.9. The maximum atomic E-state index is 12.8. The second kappa shape index (κ2) is 19.8. The summed E-state index contributed by atoms with van der Waals surface area (Å²) >= 11 is 0. The van der Waals surface area contributed by atoms with Gasteiger partial charge in [0.1, 0.15) is 6.10 Å². The second-order valence-corrected chi connectivity index (χ2v) is 10.3. The van der Waals surface area contributed by atoms with Crippen molar-refractivity contribution < 1.29 is 23.8 Å². The van der Waals surface area contributed by atoms with E-state index in [4.69, 9.17) is 9.26 Å². The predicted molar refractivity (Wildman–Crippen MR) is 156 cm³/mol.